The zero-order chi connectivity index (χ0) is 12.0. The highest BCUT2D eigenvalue weighted by Crippen LogP contribution is 2.22. The van der Waals surface area contributed by atoms with Crippen molar-refractivity contribution >= 4 is 10.0 Å². The quantitative estimate of drug-likeness (QED) is 0.746. The molecular formula is C10H15NO4S. The van der Waals surface area contributed by atoms with Crippen LogP contribution in [0.1, 0.15) is 0 Å². The maximum Gasteiger partial charge on any atom is 0.244 e. The Morgan fingerprint density at radius 1 is 1.25 bits per heavy atom. The van der Waals surface area contributed by atoms with Crippen LogP contribution in [0.3, 0.4) is 0 Å². The van der Waals surface area contributed by atoms with Crippen LogP contribution in [0, 0.1) is 0 Å². The van der Waals surface area contributed by atoms with E-state index in [1.54, 1.807) is 18.2 Å². The van der Waals surface area contributed by atoms with Gasteiger partial charge in [-0.05, 0) is 12.1 Å². The SMILES string of the molecule is COCCNS(=O)(=O)c1ccccc1OC. The van der Waals surface area contributed by atoms with Gasteiger partial charge in [0, 0.05) is 13.7 Å². The molecule has 90 valence electrons. The smallest absolute Gasteiger partial charge is 0.244 e. The van der Waals surface area contributed by atoms with E-state index in [0.29, 0.717) is 12.4 Å². The minimum Gasteiger partial charge on any atom is -0.495 e. The first-order valence-corrected chi connectivity index (χ1v) is 6.21. The number of rotatable bonds is 6. The Balaban J connectivity index is 2.89. The molecule has 1 aromatic carbocycles. The molecule has 6 heteroatoms. The summed E-state index contributed by atoms with van der Waals surface area (Å²) >= 11 is 0. The highest BCUT2D eigenvalue weighted by Gasteiger charge is 2.17. The van der Waals surface area contributed by atoms with Gasteiger partial charge < -0.3 is 9.47 Å². The Hall–Kier alpha value is -1.11. The van der Waals surface area contributed by atoms with Gasteiger partial charge in [-0.2, -0.15) is 0 Å². The van der Waals surface area contributed by atoms with E-state index < -0.39 is 10.0 Å². The van der Waals surface area contributed by atoms with Gasteiger partial charge in [-0.15, -0.1) is 0 Å². The number of hydrogen-bond acceptors (Lipinski definition) is 4. The lowest BCUT2D eigenvalue weighted by atomic mass is 10.3. The molecule has 1 rings (SSSR count). The van der Waals surface area contributed by atoms with E-state index in [1.807, 2.05) is 0 Å². The molecule has 0 aliphatic carbocycles. The molecule has 0 saturated heterocycles. The van der Waals surface area contributed by atoms with Crippen LogP contribution in [0.5, 0.6) is 5.75 Å². The van der Waals surface area contributed by atoms with Crippen LogP contribution >= 0.6 is 0 Å². The molecule has 1 N–H and O–H groups in total. The summed E-state index contributed by atoms with van der Waals surface area (Å²) in [7, 11) is -0.585. The molecule has 0 fully saturated rings. The molecule has 0 spiro atoms. The highest BCUT2D eigenvalue weighted by molar-refractivity contribution is 7.89. The number of methoxy groups -OCH3 is 2. The van der Waals surface area contributed by atoms with Crippen LogP contribution in [0.4, 0.5) is 0 Å². The largest absolute Gasteiger partial charge is 0.495 e. The molecule has 0 aliphatic heterocycles. The zero-order valence-electron chi connectivity index (χ0n) is 9.26. The summed E-state index contributed by atoms with van der Waals surface area (Å²) in [6.45, 7) is 0.561. The van der Waals surface area contributed by atoms with Crippen molar-refractivity contribution in [3.63, 3.8) is 0 Å². The zero-order valence-corrected chi connectivity index (χ0v) is 10.1. The molecule has 1 aromatic rings. The van der Waals surface area contributed by atoms with E-state index in [0.717, 1.165) is 0 Å². The van der Waals surface area contributed by atoms with Gasteiger partial charge in [0.15, 0.2) is 0 Å². The molecule has 0 amide bonds. The molecule has 0 radical (unpaired) electrons. The lowest BCUT2D eigenvalue weighted by molar-refractivity contribution is 0.204. The van der Waals surface area contributed by atoms with Crippen LogP contribution < -0.4 is 9.46 Å². The first-order valence-electron chi connectivity index (χ1n) is 4.73. The number of nitrogens with one attached hydrogen (secondary N) is 1. The topological polar surface area (TPSA) is 64.6 Å². The maximum absolute atomic E-state index is 11.8. The van der Waals surface area contributed by atoms with E-state index in [2.05, 4.69) is 4.72 Å². The van der Waals surface area contributed by atoms with E-state index >= 15 is 0 Å². The molecule has 0 bridgehead atoms. The summed E-state index contributed by atoms with van der Waals surface area (Å²) in [6, 6.07) is 6.46. The minimum atomic E-state index is -3.53. The Kier molecular flexibility index (Phi) is 4.72. The first-order chi connectivity index (χ1) is 7.61. The molecule has 0 unspecified atom stereocenters. The Morgan fingerprint density at radius 3 is 2.56 bits per heavy atom. The van der Waals surface area contributed by atoms with Crippen LogP contribution in [0.2, 0.25) is 0 Å². The van der Waals surface area contributed by atoms with E-state index in [-0.39, 0.29) is 11.4 Å². The van der Waals surface area contributed by atoms with Crippen molar-refractivity contribution in [2.45, 2.75) is 4.90 Å². The summed E-state index contributed by atoms with van der Waals surface area (Å²) in [6.07, 6.45) is 0. The van der Waals surface area contributed by atoms with E-state index in [9.17, 15) is 8.42 Å². The van der Waals surface area contributed by atoms with Crippen LogP contribution in [0.25, 0.3) is 0 Å². The predicted octanol–water partition coefficient (Wildman–Crippen LogP) is 0.620. The molecule has 0 aliphatic rings. The molecule has 0 atom stereocenters. The minimum absolute atomic E-state index is 0.133. The van der Waals surface area contributed by atoms with Crippen molar-refractivity contribution in [2.75, 3.05) is 27.4 Å². The monoisotopic (exact) mass is 245 g/mol. The predicted molar refractivity (Wildman–Crippen MR) is 60.1 cm³/mol. The Morgan fingerprint density at radius 2 is 1.94 bits per heavy atom. The summed E-state index contributed by atoms with van der Waals surface area (Å²) < 4.78 is 35.9. The van der Waals surface area contributed by atoms with Crippen molar-refractivity contribution in [3.8, 4) is 5.75 Å². The molecule has 5 nitrogen and oxygen atoms in total. The van der Waals surface area contributed by atoms with Gasteiger partial charge in [-0.3, -0.25) is 0 Å². The van der Waals surface area contributed by atoms with Crippen molar-refractivity contribution in [3.05, 3.63) is 24.3 Å². The van der Waals surface area contributed by atoms with E-state index in [1.165, 1.54) is 20.3 Å². The van der Waals surface area contributed by atoms with Gasteiger partial charge in [0.25, 0.3) is 0 Å². The average Bonchev–Trinajstić information content (AvgIpc) is 2.29. The third-order valence-electron chi connectivity index (χ3n) is 1.96. The number of sulfonamides is 1. The third kappa shape index (κ3) is 3.19. The van der Waals surface area contributed by atoms with Gasteiger partial charge >= 0.3 is 0 Å². The van der Waals surface area contributed by atoms with Gasteiger partial charge in [0.2, 0.25) is 10.0 Å². The van der Waals surface area contributed by atoms with Crippen molar-refractivity contribution in [2.24, 2.45) is 0 Å². The van der Waals surface area contributed by atoms with Crippen LogP contribution in [0.15, 0.2) is 29.2 Å². The van der Waals surface area contributed by atoms with Crippen LogP contribution in [-0.2, 0) is 14.8 Å². The molecule has 0 heterocycles. The fourth-order valence-electron chi connectivity index (χ4n) is 1.20. The second-order valence-electron chi connectivity index (χ2n) is 3.04. The average molecular weight is 245 g/mol. The number of benzene rings is 1. The van der Waals surface area contributed by atoms with Crippen LogP contribution in [-0.4, -0.2) is 35.8 Å². The lowest BCUT2D eigenvalue weighted by Crippen LogP contribution is -2.27. The summed E-state index contributed by atoms with van der Waals surface area (Å²) in [5.74, 6) is 0.326. The van der Waals surface area contributed by atoms with Gasteiger partial charge in [0.1, 0.15) is 10.6 Å². The Bertz CT molecular complexity index is 430. The third-order valence-corrected chi connectivity index (χ3v) is 3.46. The summed E-state index contributed by atoms with van der Waals surface area (Å²) in [5, 5.41) is 0. The van der Waals surface area contributed by atoms with E-state index in [4.69, 9.17) is 9.47 Å². The van der Waals surface area contributed by atoms with Gasteiger partial charge in [-0.25, -0.2) is 13.1 Å². The molecular weight excluding hydrogens is 230 g/mol. The van der Waals surface area contributed by atoms with Crippen molar-refractivity contribution in [1.29, 1.82) is 0 Å². The second kappa shape index (κ2) is 5.83. The van der Waals surface area contributed by atoms with Crippen molar-refractivity contribution < 1.29 is 17.9 Å². The fraction of sp³-hybridized carbons (Fsp3) is 0.400. The van der Waals surface area contributed by atoms with Gasteiger partial charge in [-0.1, -0.05) is 12.1 Å². The highest BCUT2D eigenvalue weighted by atomic mass is 32.2. The normalized spacial score (nSPS) is 11.4. The Labute approximate surface area is 95.4 Å². The number of ether oxygens (including phenoxy) is 2. The molecule has 0 saturated carbocycles. The lowest BCUT2D eigenvalue weighted by Gasteiger charge is -2.09. The summed E-state index contributed by atoms with van der Waals surface area (Å²) in [4.78, 5) is 0.133. The molecule has 0 aromatic heterocycles. The second-order valence-corrected chi connectivity index (χ2v) is 4.78. The number of para-hydroxylation sites is 1. The van der Waals surface area contributed by atoms with Gasteiger partial charge in [0.05, 0.1) is 13.7 Å². The molecule has 16 heavy (non-hydrogen) atoms. The number of hydrogen-bond donors (Lipinski definition) is 1. The summed E-state index contributed by atoms with van der Waals surface area (Å²) in [5.41, 5.74) is 0. The first kappa shape index (κ1) is 13.0. The standard InChI is InChI=1S/C10H15NO4S/c1-14-8-7-11-16(12,13)10-6-4-3-5-9(10)15-2/h3-6,11H,7-8H2,1-2H3. The maximum atomic E-state index is 11.8. The van der Waals surface area contributed by atoms with Crippen molar-refractivity contribution in [1.82, 2.24) is 4.72 Å². The fourth-order valence-corrected chi connectivity index (χ4v) is 2.38.